The van der Waals surface area contributed by atoms with Crippen molar-refractivity contribution in [3.63, 3.8) is 0 Å². The van der Waals surface area contributed by atoms with Crippen molar-refractivity contribution in [1.29, 1.82) is 0 Å². The number of benzene rings is 2. The van der Waals surface area contributed by atoms with E-state index in [1.165, 1.54) is 0 Å². The monoisotopic (exact) mass is 468 g/mol. The molecule has 1 heterocycles. The van der Waals surface area contributed by atoms with Crippen molar-refractivity contribution < 1.29 is 28.8 Å². The minimum atomic E-state index is -0.932. The van der Waals surface area contributed by atoms with Gasteiger partial charge in [-0.25, -0.2) is 4.79 Å². The average Bonchev–Trinajstić information content (AvgIpc) is 3.08. The van der Waals surface area contributed by atoms with Crippen LogP contribution < -0.4 is 24.3 Å². The van der Waals surface area contributed by atoms with Crippen molar-refractivity contribution in [2.24, 2.45) is 0 Å². The summed E-state index contributed by atoms with van der Waals surface area (Å²) in [5.74, 6) is 1.53. The maximum atomic E-state index is 12.1. The molecule has 8 heteroatoms. The number of nitrogens with one attached hydrogen (secondary N) is 1. The second-order valence-electron chi connectivity index (χ2n) is 7.90. The summed E-state index contributed by atoms with van der Waals surface area (Å²) in [5.41, 5.74) is 4.75. The van der Waals surface area contributed by atoms with Crippen molar-refractivity contribution in [3.8, 4) is 23.0 Å². The maximum Gasteiger partial charge on any atom is 0.337 e. The molecule has 0 aliphatic rings. The van der Waals surface area contributed by atoms with E-state index in [4.69, 9.17) is 18.9 Å². The first-order chi connectivity index (χ1) is 16.3. The summed E-state index contributed by atoms with van der Waals surface area (Å²) in [4.78, 5) is 12.1. The molecule has 3 aromatic rings. The number of aromatic carboxylic acids is 1. The number of aromatic nitrogens is 1. The Kier molecular flexibility index (Phi) is 8.07. The fourth-order valence-electron chi connectivity index (χ4n) is 4.17. The van der Waals surface area contributed by atoms with Gasteiger partial charge in [0.15, 0.2) is 11.5 Å². The molecule has 0 saturated heterocycles. The molecule has 2 aromatic carbocycles. The van der Waals surface area contributed by atoms with Gasteiger partial charge in [0.25, 0.3) is 0 Å². The lowest BCUT2D eigenvalue weighted by atomic mass is 10.1. The van der Waals surface area contributed by atoms with E-state index in [-0.39, 0.29) is 0 Å². The predicted molar refractivity (Wildman–Crippen MR) is 130 cm³/mol. The third kappa shape index (κ3) is 5.12. The molecule has 0 radical (unpaired) electrons. The number of carboxylic acid groups (broad SMARTS) is 1. The largest absolute Gasteiger partial charge is 0.497 e. The van der Waals surface area contributed by atoms with Crippen LogP contribution in [0.1, 0.15) is 38.4 Å². The minimum Gasteiger partial charge on any atom is -0.497 e. The van der Waals surface area contributed by atoms with Crippen molar-refractivity contribution in [2.45, 2.75) is 33.5 Å². The maximum absolute atomic E-state index is 12.1. The first-order valence-electron chi connectivity index (χ1n) is 10.9. The number of hydrogen-bond acceptors (Lipinski definition) is 6. The third-order valence-electron chi connectivity index (χ3n) is 5.98. The van der Waals surface area contributed by atoms with Crippen LogP contribution in [0, 0.1) is 13.8 Å². The number of rotatable bonds is 11. The van der Waals surface area contributed by atoms with Gasteiger partial charge in [0, 0.05) is 36.6 Å². The van der Waals surface area contributed by atoms with E-state index in [1.807, 2.05) is 54.8 Å². The quantitative estimate of drug-likeness (QED) is 0.436. The van der Waals surface area contributed by atoms with E-state index < -0.39 is 5.97 Å². The second kappa shape index (κ2) is 11.0. The van der Waals surface area contributed by atoms with Crippen LogP contribution in [0.4, 0.5) is 0 Å². The minimum absolute atomic E-state index is 0.336. The smallest absolute Gasteiger partial charge is 0.337 e. The van der Waals surface area contributed by atoms with Crippen LogP contribution in [0.25, 0.3) is 0 Å². The van der Waals surface area contributed by atoms with Gasteiger partial charge in [-0.1, -0.05) is 12.1 Å². The Morgan fingerprint density at radius 1 is 0.853 bits per heavy atom. The molecule has 8 nitrogen and oxygen atoms in total. The third-order valence-corrected chi connectivity index (χ3v) is 5.98. The number of hydrogen-bond donors (Lipinski definition) is 2. The molecular formula is C26H32N2O6. The zero-order valence-corrected chi connectivity index (χ0v) is 20.5. The van der Waals surface area contributed by atoms with Crippen LogP contribution in [-0.4, -0.2) is 44.1 Å². The first kappa shape index (κ1) is 25.0. The molecular weight excluding hydrogens is 436 g/mol. The van der Waals surface area contributed by atoms with Gasteiger partial charge in [-0.15, -0.1) is 0 Å². The average molecular weight is 469 g/mol. The molecule has 3 rings (SSSR count). The summed E-state index contributed by atoms with van der Waals surface area (Å²) in [6, 6.07) is 11.5. The van der Waals surface area contributed by atoms with E-state index in [0.717, 1.165) is 33.8 Å². The highest BCUT2D eigenvalue weighted by atomic mass is 16.5. The first-order valence-corrected chi connectivity index (χ1v) is 10.9. The topological polar surface area (TPSA) is 91.2 Å². The van der Waals surface area contributed by atoms with E-state index >= 15 is 0 Å². The Labute approximate surface area is 200 Å². The van der Waals surface area contributed by atoms with E-state index in [9.17, 15) is 9.90 Å². The summed E-state index contributed by atoms with van der Waals surface area (Å²) in [7, 11) is 6.34. The number of ether oxygens (including phenoxy) is 4. The van der Waals surface area contributed by atoms with Crippen molar-refractivity contribution in [1.82, 2.24) is 9.88 Å². The Balaban J connectivity index is 1.83. The summed E-state index contributed by atoms with van der Waals surface area (Å²) < 4.78 is 23.5. The second-order valence-corrected chi connectivity index (χ2v) is 7.90. The molecule has 2 N–H and O–H groups in total. The molecule has 0 fully saturated rings. The van der Waals surface area contributed by atoms with Gasteiger partial charge in [-0.3, -0.25) is 0 Å². The Hall–Kier alpha value is -3.65. The Bertz CT molecular complexity index is 1130. The zero-order valence-electron chi connectivity index (χ0n) is 20.5. The summed E-state index contributed by atoms with van der Waals surface area (Å²) in [5, 5.41) is 13.3. The van der Waals surface area contributed by atoms with Crippen LogP contribution in [-0.2, 0) is 19.6 Å². The molecule has 0 aliphatic carbocycles. The molecule has 34 heavy (non-hydrogen) atoms. The van der Waals surface area contributed by atoms with Gasteiger partial charge in [0.1, 0.15) is 5.75 Å². The molecule has 182 valence electrons. The fourth-order valence-corrected chi connectivity index (χ4v) is 4.17. The highest BCUT2D eigenvalue weighted by Crippen LogP contribution is 2.38. The number of carboxylic acids is 1. The molecule has 0 saturated carbocycles. The molecule has 0 atom stereocenters. The molecule has 0 aliphatic heterocycles. The lowest BCUT2D eigenvalue weighted by molar-refractivity contribution is 0.0694. The standard InChI is InChI=1S/C26H32N2O6/c1-16-21(14-27-13-19-11-22(32-4)25(34-6)23(12-19)33-5)24(26(29)30)17(2)28(16)15-18-7-9-20(31-3)10-8-18/h7-12,27H,13-15H2,1-6H3,(H,29,30). The lowest BCUT2D eigenvalue weighted by Crippen LogP contribution is -2.16. The SMILES string of the molecule is COc1ccc(Cn2c(C)c(CNCc3cc(OC)c(OC)c(OC)c3)c(C(=O)O)c2C)cc1. The number of nitrogens with zero attached hydrogens (tertiary/aromatic N) is 1. The van der Waals surface area contributed by atoms with Gasteiger partial charge in [-0.05, 0) is 49.2 Å². The predicted octanol–water partition coefficient (Wildman–Crippen LogP) is 4.18. The fraction of sp³-hybridized carbons (Fsp3) is 0.346. The van der Waals surface area contributed by atoms with E-state index in [2.05, 4.69) is 5.32 Å². The summed E-state index contributed by atoms with van der Waals surface area (Å²) in [6.45, 7) is 5.29. The number of carbonyl (C=O) groups is 1. The van der Waals surface area contributed by atoms with Crippen molar-refractivity contribution in [3.05, 3.63) is 70.0 Å². The molecule has 0 bridgehead atoms. The normalized spacial score (nSPS) is 10.8. The molecule has 0 amide bonds. The van der Waals surface area contributed by atoms with E-state index in [1.54, 1.807) is 28.4 Å². The van der Waals surface area contributed by atoms with Gasteiger partial charge in [-0.2, -0.15) is 0 Å². The van der Waals surface area contributed by atoms with Gasteiger partial charge in [0.2, 0.25) is 5.75 Å². The van der Waals surface area contributed by atoms with Gasteiger partial charge >= 0.3 is 5.97 Å². The van der Waals surface area contributed by atoms with Crippen LogP contribution >= 0.6 is 0 Å². The molecule has 0 spiro atoms. The Morgan fingerprint density at radius 3 is 1.97 bits per heavy atom. The van der Waals surface area contributed by atoms with Crippen LogP contribution in [0.3, 0.4) is 0 Å². The van der Waals surface area contributed by atoms with Crippen LogP contribution in [0.5, 0.6) is 23.0 Å². The van der Waals surface area contributed by atoms with Crippen LogP contribution in [0.15, 0.2) is 36.4 Å². The highest BCUT2D eigenvalue weighted by Gasteiger charge is 2.22. The Morgan fingerprint density at radius 2 is 1.47 bits per heavy atom. The van der Waals surface area contributed by atoms with E-state index in [0.29, 0.717) is 42.4 Å². The van der Waals surface area contributed by atoms with Gasteiger partial charge in [0.05, 0.1) is 34.0 Å². The van der Waals surface area contributed by atoms with Crippen LogP contribution in [0.2, 0.25) is 0 Å². The number of methoxy groups -OCH3 is 4. The molecule has 0 unspecified atom stereocenters. The van der Waals surface area contributed by atoms with Gasteiger partial charge < -0.3 is 33.9 Å². The summed E-state index contributed by atoms with van der Waals surface area (Å²) in [6.07, 6.45) is 0. The zero-order chi connectivity index (χ0) is 24.8. The summed E-state index contributed by atoms with van der Waals surface area (Å²) >= 11 is 0. The van der Waals surface area contributed by atoms with Crippen molar-refractivity contribution in [2.75, 3.05) is 28.4 Å². The molecule has 1 aromatic heterocycles. The van der Waals surface area contributed by atoms with Crippen molar-refractivity contribution >= 4 is 5.97 Å². The lowest BCUT2D eigenvalue weighted by Gasteiger charge is -2.14. The highest BCUT2D eigenvalue weighted by molar-refractivity contribution is 5.91.